The van der Waals surface area contributed by atoms with Crippen LogP contribution in [0.5, 0.6) is 11.5 Å². The Kier molecular flexibility index (Phi) is 4.10. The van der Waals surface area contributed by atoms with Gasteiger partial charge in [0, 0.05) is 30.0 Å². The van der Waals surface area contributed by atoms with Gasteiger partial charge in [0.25, 0.3) is 5.69 Å². The molecular weight excluding hydrogens is 354 g/mol. The highest BCUT2D eigenvalue weighted by atomic mass is 32.1. The van der Waals surface area contributed by atoms with Gasteiger partial charge in [-0.05, 0) is 29.8 Å². The van der Waals surface area contributed by atoms with Crippen LogP contribution in [0.1, 0.15) is 10.4 Å². The SMILES string of the molecule is COc1ccc2c(c1)OCc1sc(N=Cc3ccc([N+](=O)[O-])cc3)nc1-2. The molecule has 0 amide bonds. The standard InChI is InChI=1S/C18H13N3O4S/c1-24-13-6-7-14-15(8-13)25-10-16-17(14)20-18(26-16)19-9-11-2-4-12(5-3-11)21(22)23/h2-9H,10H2,1H3. The molecule has 0 saturated heterocycles. The minimum Gasteiger partial charge on any atom is -0.497 e. The van der Waals surface area contributed by atoms with Gasteiger partial charge in [-0.25, -0.2) is 9.98 Å². The topological polar surface area (TPSA) is 86.8 Å². The van der Waals surface area contributed by atoms with Crippen molar-refractivity contribution >= 4 is 28.4 Å². The maximum absolute atomic E-state index is 10.7. The van der Waals surface area contributed by atoms with Crippen molar-refractivity contribution in [3.05, 3.63) is 63.0 Å². The molecule has 0 bridgehead atoms. The quantitative estimate of drug-likeness (QED) is 0.388. The number of methoxy groups -OCH3 is 1. The molecule has 0 saturated carbocycles. The average molecular weight is 367 g/mol. The van der Waals surface area contributed by atoms with E-state index in [1.54, 1.807) is 25.5 Å². The van der Waals surface area contributed by atoms with E-state index < -0.39 is 4.92 Å². The predicted molar refractivity (Wildman–Crippen MR) is 98.8 cm³/mol. The van der Waals surface area contributed by atoms with Gasteiger partial charge in [-0.2, -0.15) is 0 Å². The molecule has 0 spiro atoms. The van der Waals surface area contributed by atoms with Gasteiger partial charge in [0.2, 0.25) is 5.13 Å². The lowest BCUT2D eigenvalue weighted by Crippen LogP contribution is -2.03. The Bertz CT molecular complexity index is 1010. The van der Waals surface area contributed by atoms with Crippen LogP contribution >= 0.6 is 11.3 Å². The third-order valence-corrected chi connectivity index (χ3v) is 4.85. The Morgan fingerprint density at radius 2 is 2.12 bits per heavy atom. The Hall–Kier alpha value is -3.26. The normalized spacial score (nSPS) is 12.3. The summed E-state index contributed by atoms with van der Waals surface area (Å²) < 4.78 is 11.0. The highest BCUT2D eigenvalue weighted by Gasteiger charge is 2.22. The van der Waals surface area contributed by atoms with E-state index in [4.69, 9.17) is 9.47 Å². The molecule has 4 rings (SSSR count). The van der Waals surface area contributed by atoms with Crippen LogP contribution in [-0.4, -0.2) is 23.2 Å². The molecule has 2 heterocycles. The number of non-ortho nitro benzene ring substituents is 1. The average Bonchev–Trinajstić information content (AvgIpc) is 3.09. The van der Waals surface area contributed by atoms with Gasteiger partial charge in [-0.3, -0.25) is 10.1 Å². The number of fused-ring (bicyclic) bond motifs is 3. The fourth-order valence-corrected chi connectivity index (χ4v) is 3.44. The van der Waals surface area contributed by atoms with Crippen LogP contribution in [0, 0.1) is 10.1 Å². The van der Waals surface area contributed by atoms with E-state index in [0.717, 1.165) is 33.2 Å². The fraction of sp³-hybridized carbons (Fsp3) is 0.111. The summed E-state index contributed by atoms with van der Waals surface area (Å²) in [4.78, 5) is 20.3. The van der Waals surface area contributed by atoms with Crippen molar-refractivity contribution in [3.8, 4) is 22.8 Å². The summed E-state index contributed by atoms with van der Waals surface area (Å²) in [5.41, 5.74) is 2.61. The van der Waals surface area contributed by atoms with E-state index in [-0.39, 0.29) is 5.69 Å². The van der Waals surface area contributed by atoms with Crippen LogP contribution in [0.4, 0.5) is 10.8 Å². The van der Waals surface area contributed by atoms with Crippen LogP contribution in [0.2, 0.25) is 0 Å². The molecule has 26 heavy (non-hydrogen) atoms. The Morgan fingerprint density at radius 3 is 2.85 bits per heavy atom. The van der Waals surface area contributed by atoms with Crippen LogP contribution in [0.15, 0.2) is 47.5 Å². The lowest BCUT2D eigenvalue weighted by molar-refractivity contribution is -0.384. The van der Waals surface area contributed by atoms with Gasteiger partial charge >= 0.3 is 0 Å². The minimum atomic E-state index is -0.428. The monoisotopic (exact) mass is 367 g/mol. The van der Waals surface area contributed by atoms with E-state index in [0.29, 0.717) is 11.7 Å². The lowest BCUT2D eigenvalue weighted by atomic mass is 10.1. The second kappa shape index (κ2) is 6.57. The number of rotatable bonds is 4. The van der Waals surface area contributed by atoms with Crippen molar-refractivity contribution in [2.75, 3.05) is 7.11 Å². The highest BCUT2D eigenvalue weighted by Crippen LogP contribution is 2.42. The molecule has 0 N–H and O–H groups in total. The summed E-state index contributed by atoms with van der Waals surface area (Å²) in [7, 11) is 1.61. The van der Waals surface area contributed by atoms with E-state index in [1.807, 2.05) is 18.2 Å². The number of ether oxygens (including phenoxy) is 2. The summed E-state index contributed by atoms with van der Waals surface area (Å²) in [6.45, 7) is 0.445. The highest BCUT2D eigenvalue weighted by molar-refractivity contribution is 7.15. The molecule has 1 aliphatic rings. The zero-order valence-corrected chi connectivity index (χ0v) is 14.5. The Balaban J connectivity index is 1.60. The first-order chi connectivity index (χ1) is 12.6. The third-order valence-electron chi connectivity index (χ3n) is 3.92. The molecule has 8 heteroatoms. The summed E-state index contributed by atoms with van der Waals surface area (Å²) in [5, 5.41) is 11.3. The first-order valence-electron chi connectivity index (χ1n) is 7.73. The van der Waals surface area contributed by atoms with Crippen molar-refractivity contribution in [2.24, 2.45) is 4.99 Å². The van der Waals surface area contributed by atoms with Crippen LogP contribution in [0.3, 0.4) is 0 Å². The van der Waals surface area contributed by atoms with E-state index in [9.17, 15) is 10.1 Å². The van der Waals surface area contributed by atoms with Crippen LogP contribution < -0.4 is 9.47 Å². The number of aromatic nitrogens is 1. The second-order valence-electron chi connectivity index (χ2n) is 5.53. The molecule has 130 valence electrons. The molecule has 1 aromatic heterocycles. The zero-order chi connectivity index (χ0) is 18.1. The van der Waals surface area contributed by atoms with Crippen molar-refractivity contribution in [2.45, 2.75) is 6.61 Å². The molecule has 3 aromatic rings. The number of nitrogens with zero attached hydrogens (tertiary/aromatic N) is 3. The first kappa shape index (κ1) is 16.2. The van der Waals surface area contributed by atoms with Gasteiger partial charge < -0.3 is 9.47 Å². The zero-order valence-electron chi connectivity index (χ0n) is 13.7. The molecule has 1 aliphatic heterocycles. The maximum Gasteiger partial charge on any atom is 0.269 e. The molecule has 0 radical (unpaired) electrons. The number of hydrogen-bond donors (Lipinski definition) is 0. The summed E-state index contributed by atoms with van der Waals surface area (Å²) in [6.07, 6.45) is 1.64. The van der Waals surface area contributed by atoms with E-state index in [2.05, 4.69) is 9.98 Å². The van der Waals surface area contributed by atoms with Gasteiger partial charge in [0.15, 0.2) is 0 Å². The fourth-order valence-electron chi connectivity index (χ4n) is 2.60. The smallest absolute Gasteiger partial charge is 0.269 e. The predicted octanol–water partition coefficient (Wildman–Crippen LogP) is 4.37. The number of nitro groups is 1. The molecule has 0 fully saturated rings. The number of aliphatic imine (C=N–C) groups is 1. The number of thiazole rings is 1. The number of nitro benzene ring substituents is 1. The number of hydrogen-bond acceptors (Lipinski definition) is 7. The van der Waals surface area contributed by atoms with Crippen molar-refractivity contribution in [3.63, 3.8) is 0 Å². The first-order valence-corrected chi connectivity index (χ1v) is 8.55. The van der Waals surface area contributed by atoms with Crippen LogP contribution in [0.25, 0.3) is 11.3 Å². The van der Waals surface area contributed by atoms with E-state index in [1.165, 1.54) is 23.5 Å². The van der Waals surface area contributed by atoms with E-state index >= 15 is 0 Å². The molecule has 0 unspecified atom stereocenters. The van der Waals surface area contributed by atoms with Gasteiger partial charge in [0.05, 0.1) is 22.6 Å². The van der Waals surface area contributed by atoms with Crippen molar-refractivity contribution < 1.29 is 14.4 Å². The largest absolute Gasteiger partial charge is 0.497 e. The lowest BCUT2D eigenvalue weighted by Gasteiger charge is -2.16. The third kappa shape index (κ3) is 3.02. The maximum atomic E-state index is 10.7. The summed E-state index contributed by atoms with van der Waals surface area (Å²) in [5.74, 6) is 1.48. The van der Waals surface area contributed by atoms with Gasteiger partial charge in [-0.15, -0.1) is 0 Å². The molecule has 7 nitrogen and oxygen atoms in total. The Morgan fingerprint density at radius 1 is 1.31 bits per heavy atom. The van der Waals surface area contributed by atoms with Crippen molar-refractivity contribution in [1.82, 2.24) is 4.98 Å². The summed E-state index contributed by atoms with van der Waals surface area (Å²) in [6, 6.07) is 11.8. The number of benzene rings is 2. The second-order valence-corrected chi connectivity index (χ2v) is 6.59. The van der Waals surface area contributed by atoms with Crippen LogP contribution in [-0.2, 0) is 6.61 Å². The van der Waals surface area contributed by atoms with Crippen molar-refractivity contribution in [1.29, 1.82) is 0 Å². The molecular formula is C18H13N3O4S. The molecule has 0 atom stereocenters. The van der Waals surface area contributed by atoms with Gasteiger partial charge in [-0.1, -0.05) is 11.3 Å². The summed E-state index contributed by atoms with van der Waals surface area (Å²) >= 11 is 1.46. The molecule has 0 aliphatic carbocycles. The Labute approximate surface area is 152 Å². The van der Waals surface area contributed by atoms with Gasteiger partial charge in [0.1, 0.15) is 18.1 Å². The molecule has 2 aromatic carbocycles. The minimum absolute atomic E-state index is 0.0519.